The van der Waals surface area contributed by atoms with Gasteiger partial charge in [-0.05, 0) is 31.4 Å². The fourth-order valence-corrected chi connectivity index (χ4v) is 2.60. The first-order chi connectivity index (χ1) is 9.56. The van der Waals surface area contributed by atoms with Crippen LogP contribution in [0.4, 0.5) is 10.1 Å². The van der Waals surface area contributed by atoms with Gasteiger partial charge in [-0.1, -0.05) is 26.0 Å². The molecule has 0 fully saturated rings. The van der Waals surface area contributed by atoms with E-state index in [0.29, 0.717) is 24.9 Å². The number of hydrogen-bond donors (Lipinski definition) is 1. The molecule has 0 aliphatic carbocycles. The van der Waals surface area contributed by atoms with Gasteiger partial charge < -0.3 is 15.4 Å². The molecule has 0 aliphatic heterocycles. The average molecular weight is 282 g/mol. The number of methoxy groups -OCH3 is 1. The van der Waals surface area contributed by atoms with Crippen molar-refractivity contribution in [1.82, 2.24) is 0 Å². The summed E-state index contributed by atoms with van der Waals surface area (Å²) in [6.45, 7) is 7.38. The van der Waals surface area contributed by atoms with Crippen molar-refractivity contribution in [3.05, 3.63) is 29.6 Å². The van der Waals surface area contributed by atoms with Gasteiger partial charge in [0.1, 0.15) is 5.82 Å². The second-order valence-corrected chi connectivity index (χ2v) is 5.12. The van der Waals surface area contributed by atoms with Crippen LogP contribution in [0.2, 0.25) is 0 Å². The van der Waals surface area contributed by atoms with Gasteiger partial charge in [0.05, 0.1) is 12.3 Å². The number of benzene rings is 1. The Balaban J connectivity index is 3.24. The van der Waals surface area contributed by atoms with E-state index in [2.05, 4.69) is 18.7 Å². The van der Waals surface area contributed by atoms with Crippen molar-refractivity contribution in [3.8, 4) is 0 Å². The summed E-state index contributed by atoms with van der Waals surface area (Å²) in [7, 11) is 1.67. The lowest BCUT2D eigenvalue weighted by Crippen LogP contribution is -2.38. The van der Waals surface area contributed by atoms with E-state index in [9.17, 15) is 4.39 Å². The molecule has 0 unspecified atom stereocenters. The minimum Gasteiger partial charge on any atom is -0.383 e. The molecule has 1 aromatic carbocycles. The monoisotopic (exact) mass is 282 g/mol. The Morgan fingerprint density at radius 1 is 1.30 bits per heavy atom. The average Bonchev–Trinajstić information content (AvgIpc) is 2.43. The molecule has 0 saturated carbocycles. The van der Waals surface area contributed by atoms with E-state index in [4.69, 9.17) is 10.5 Å². The quantitative estimate of drug-likeness (QED) is 0.793. The van der Waals surface area contributed by atoms with E-state index in [-0.39, 0.29) is 11.9 Å². The third-order valence-corrected chi connectivity index (χ3v) is 3.72. The number of nitrogens with two attached hydrogens (primary N) is 1. The van der Waals surface area contributed by atoms with E-state index < -0.39 is 0 Å². The van der Waals surface area contributed by atoms with E-state index in [1.165, 1.54) is 6.07 Å². The third-order valence-electron chi connectivity index (χ3n) is 3.72. The maximum absolute atomic E-state index is 14.4. The molecule has 0 amide bonds. The fraction of sp³-hybridized carbons (Fsp3) is 0.625. The van der Waals surface area contributed by atoms with E-state index in [1.54, 1.807) is 13.2 Å². The lowest BCUT2D eigenvalue weighted by Gasteiger charge is -2.35. The van der Waals surface area contributed by atoms with Gasteiger partial charge >= 0.3 is 0 Å². The van der Waals surface area contributed by atoms with Gasteiger partial charge in [-0.15, -0.1) is 0 Å². The van der Waals surface area contributed by atoms with Crippen LogP contribution in [0.3, 0.4) is 0 Å². The first-order valence-electron chi connectivity index (χ1n) is 7.36. The van der Waals surface area contributed by atoms with Crippen molar-refractivity contribution in [2.45, 2.75) is 45.7 Å². The molecule has 1 rings (SSSR count). The maximum Gasteiger partial charge on any atom is 0.146 e. The molecule has 2 N–H and O–H groups in total. The molecule has 3 nitrogen and oxygen atoms in total. The number of rotatable bonds is 8. The number of ether oxygens (including phenoxy) is 1. The standard InChI is InChI=1S/C16H27FN2O/c1-5-13(6-2)19(10-11-20-4)16-14(12(3)18)8-7-9-15(16)17/h7-9,12-13H,5-6,10-11,18H2,1-4H3/t12-/m1/s1. The van der Waals surface area contributed by atoms with Gasteiger partial charge in [0.2, 0.25) is 0 Å². The molecule has 0 saturated heterocycles. The van der Waals surface area contributed by atoms with Crippen molar-refractivity contribution in [2.75, 3.05) is 25.2 Å². The van der Waals surface area contributed by atoms with Crippen molar-refractivity contribution < 1.29 is 9.13 Å². The van der Waals surface area contributed by atoms with E-state index in [0.717, 1.165) is 18.4 Å². The van der Waals surface area contributed by atoms with Gasteiger partial charge in [-0.25, -0.2) is 4.39 Å². The highest BCUT2D eigenvalue weighted by Crippen LogP contribution is 2.31. The van der Waals surface area contributed by atoms with Crippen LogP contribution < -0.4 is 10.6 Å². The number of anilines is 1. The van der Waals surface area contributed by atoms with Gasteiger partial charge in [0.15, 0.2) is 0 Å². The molecule has 1 aromatic rings. The van der Waals surface area contributed by atoms with Crippen LogP contribution in [0.15, 0.2) is 18.2 Å². The van der Waals surface area contributed by atoms with Crippen LogP contribution in [-0.2, 0) is 4.74 Å². The predicted molar refractivity (Wildman–Crippen MR) is 82.6 cm³/mol. The Hall–Kier alpha value is -1.13. The number of nitrogens with zero attached hydrogens (tertiary/aromatic N) is 1. The highest BCUT2D eigenvalue weighted by atomic mass is 19.1. The first kappa shape index (κ1) is 16.9. The summed E-state index contributed by atoms with van der Waals surface area (Å²) in [5, 5.41) is 0. The summed E-state index contributed by atoms with van der Waals surface area (Å²) in [5.41, 5.74) is 7.50. The van der Waals surface area contributed by atoms with Crippen molar-refractivity contribution in [1.29, 1.82) is 0 Å². The molecular weight excluding hydrogens is 255 g/mol. The van der Waals surface area contributed by atoms with Crippen molar-refractivity contribution >= 4 is 5.69 Å². The molecule has 0 aromatic heterocycles. The Kier molecular flexibility index (Phi) is 6.96. The van der Waals surface area contributed by atoms with E-state index in [1.807, 2.05) is 13.0 Å². The smallest absolute Gasteiger partial charge is 0.146 e. The largest absolute Gasteiger partial charge is 0.383 e. The van der Waals surface area contributed by atoms with Crippen LogP contribution in [0, 0.1) is 5.82 Å². The minimum atomic E-state index is -0.206. The summed E-state index contributed by atoms with van der Waals surface area (Å²) in [6, 6.07) is 5.23. The molecule has 114 valence electrons. The number of hydrogen-bond acceptors (Lipinski definition) is 3. The number of para-hydroxylation sites is 1. The minimum absolute atomic E-state index is 0.194. The molecule has 1 atom stereocenters. The lowest BCUT2D eigenvalue weighted by atomic mass is 10.0. The Morgan fingerprint density at radius 3 is 2.45 bits per heavy atom. The highest BCUT2D eigenvalue weighted by Gasteiger charge is 2.22. The zero-order valence-electron chi connectivity index (χ0n) is 13.0. The lowest BCUT2D eigenvalue weighted by molar-refractivity contribution is 0.202. The Labute approximate surface area is 121 Å². The molecule has 0 spiro atoms. The van der Waals surface area contributed by atoms with Crippen LogP contribution in [0.1, 0.15) is 45.2 Å². The summed E-state index contributed by atoms with van der Waals surface area (Å²) in [5.74, 6) is -0.206. The van der Waals surface area contributed by atoms with Crippen molar-refractivity contribution in [2.24, 2.45) is 5.73 Å². The topological polar surface area (TPSA) is 38.5 Å². The number of halogens is 1. The van der Waals surface area contributed by atoms with Gasteiger partial charge in [-0.2, -0.15) is 0 Å². The Bertz CT molecular complexity index is 405. The summed E-state index contributed by atoms with van der Waals surface area (Å²) < 4.78 is 19.6. The molecule has 0 aliphatic rings. The SMILES string of the molecule is CCC(CC)N(CCOC)c1c(F)cccc1[C@@H](C)N. The second-order valence-electron chi connectivity index (χ2n) is 5.12. The molecule has 4 heteroatoms. The zero-order chi connectivity index (χ0) is 15.1. The fourth-order valence-electron chi connectivity index (χ4n) is 2.60. The normalized spacial score (nSPS) is 12.8. The third kappa shape index (κ3) is 3.93. The molecule has 0 radical (unpaired) electrons. The maximum atomic E-state index is 14.4. The van der Waals surface area contributed by atoms with Crippen molar-refractivity contribution in [3.63, 3.8) is 0 Å². The first-order valence-corrected chi connectivity index (χ1v) is 7.36. The zero-order valence-corrected chi connectivity index (χ0v) is 13.0. The van der Waals surface area contributed by atoms with Gasteiger partial charge in [-0.3, -0.25) is 0 Å². The second kappa shape index (κ2) is 8.22. The molecular formula is C16H27FN2O. The molecule has 20 heavy (non-hydrogen) atoms. The van der Waals surface area contributed by atoms with Crippen LogP contribution in [0.25, 0.3) is 0 Å². The van der Waals surface area contributed by atoms with Crippen LogP contribution >= 0.6 is 0 Å². The molecule has 0 bridgehead atoms. The highest BCUT2D eigenvalue weighted by molar-refractivity contribution is 5.57. The Morgan fingerprint density at radius 2 is 1.95 bits per heavy atom. The predicted octanol–water partition coefficient (Wildman–Crippen LogP) is 3.49. The van der Waals surface area contributed by atoms with Crippen LogP contribution in [0.5, 0.6) is 0 Å². The van der Waals surface area contributed by atoms with Crippen LogP contribution in [-0.4, -0.2) is 26.3 Å². The summed E-state index contributed by atoms with van der Waals surface area (Å²) >= 11 is 0. The van der Waals surface area contributed by atoms with E-state index >= 15 is 0 Å². The molecule has 0 heterocycles. The summed E-state index contributed by atoms with van der Waals surface area (Å²) in [4.78, 5) is 2.11. The van der Waals surface area contributed by atoms with Gasteiger partial charge in [0, 0.05) is 25.7 Å². The summed E-state index contributed by atoms with van der Waals surface area (Å²) in [6.07, 6.45) is 1.93. The van der Waals surface area contributed by atoms with Gasteiger partial charge in [0.25, 0.3) is 0 Å².